The Morgan fingerprint density at radius 3 is 2.47 bits per heavy atom. The van der Waals surface area contributed by atoms with Crippen LogP contribution in [-0.4, -0.2) is 21.2 Å². The normalized spacial score (nSPS) is 13.2. The lowest BCUT2D eigenvalue weighted by molar-refractivity contribution is -0.119. The van der Waals surface area contributed by atoms with Crippen molar-refractivity contribution in [3.8, 4) is 0 Å². The molecule has 0 saturated heterocycles. The van der Waals surface area contributed by atoms with Crippen molar-refractivity contribution in [3.05, 3.63) is 82.6 Å². The highest BCUT2D eigenvalue weighted by atomic mass is 32.2. The highest BCUT2D eigenvalue weighted by Crippen LogP contribution is 2.25. The fourth-order valence-electron chi connectivity index (χ4n) is 3.92. The third-order valence-corrected chi connectivity index (χ3v) is 6.76. The number of hydrogen-bond acceptors (Lipinski definition) is 4. The van der Waals surface area contributed by atoms with Crippen LogP contribution in [0.4, 0.5) is 0 Å². The highest BCUT2D eigenvalue weighted by molar-refractivity contribution is 7.99. The number of nitrogens with one attached hydrogen (secondary N) is 1. The minimum atomic E-state index is -0.129. The maximum atomic E-state index is 13.1. The molecule has 0 fully saturated rings. The molecular formula is C26H27N3O2S. The molecule has 3 aromatic carbocycles. The third-order valence-electron chi connectivity index (χ3n) is 5.81. The SMILES string of the molecule is CC[C@H](C)n1c(SCC(=O)N[C@H](C)c2cccc3ccccc23)nc2ccccc2c1=O. The molecule has 0 saturated carbocycles. The van der Waals surface area contributed by atoms with Gasteiger partial charge in [0.25, 0.3) is 5.56 Å². The Morgan fingerprint density at radius 1 is 1.00 bits per heavy atom. The van der Waals surface area contributed by atoms with Crippen LogP contribution in [0.3, 0.4) is 0 Å². The van der Waals surface area contributed by atoms with Crippen LogP contribution in [0.1, 0.15) is 44.8 Å². The van der Waals surface area contributed by atoms with Crippen LogP contribution in [0, 0.1) is 0 Å². The minimum absolute atomic E-state index is 0.000209. The summed E-state index contributed by atoms with van der Waals surface area (Å²) in [6, 6.07) is 21.5. The number of carbonyl (C=O) groups excluding carboxylic acids is 1. The molecule has 32 heavy (non-hydrogen) atoms. The number of rotatable bonds is 7. The summed E-state index contributed by atoms with van der Waals surface area (Å²) >= 11 is 1.31. The number of para-hydroxylation sites is 1. The number of aromatic nitrogens is 2. The van der Waals surface area contributed by atoms with E-state index in [0.29, 0.717) is 16.1 Å². The summed E-state index contributed by atoms with van der Waals surface area (Å²) in [7, 11) is 0. The molecule has 2 atom stereocenters. The zero-order valence-electron chi connectivity index (χ0n) is 18.5. The first-order valence-corrected chi connectivity index (χ1v) is 11.9. The molecule has 1 N–H and O–H groups in total. The van der Waals surface area contributed by atoms with E-state index in [1.165, 1.54) is 11.8 Å². The second-order valence-corrected chi connectivity index (χ2v) is 8.93. The number of hydrogen-bond donors (Lipinski definition) is 1. The van der Waals surface area contributed by atoms with Gasteiger partial charge >= 0.3 is 0 Å². The zero-order valence-corrected chi connectivity index (χ0v) is 19.4. The maximum Gasteiger partial charge on any atom is 0.262 e. The molecular weight excluding hydrogens is 418 g/mol. The van der Waals surface area contributed by atoms with Crippen molar-refractivity contribution in [2.24, 2.45) is 0 Å². The van der Waals surface area contributed by atoms with Gasteiger partial charge in [0.2, 0.25) is 5.91 Å². The first-order valence-electron chi connectivity index (χ1n) is 10.9. The first-order chi connectivity index (χ1) is 15.5. The van der Waals surface area contributed by atoms with E-state index in [9.17, 15) is 9.59 Å². The zero-order chi connectivity index (χ0) is 22.7. The van der Waals surface area contributed by atoms with Crippen molar-refractivity contribution in [2.45, 2.75) is 44.4 Å². The fourth-order valence-corrected chi connectivity index (χ4v) is 4.83. The van der Waals surface area contributed by atoms with Crippen LogP contribution in [0.15, 0.2) is 76.7 Å². The molecule has 0 spiro atoms. The van der Waals surface area contributed by atoms with E-state index in [4.69, 9.17) is 4.98 Å². The topological polar surface area (TPSA) is 64.0 Å². The largest absolute Gasteiger partial charge is 0.349 e. The molecule has 0 unspecified atom stereocenters. The van der Waals surface area contributed by atoms with Gasteiger partial charge in [-0.3, -0.25) is 14.2 Å². The predicted octanol–water partition coefficient (Wildman–Crippen LogP) is 5.49. The Hall–Kier alpha value is -3.12. The molecule has 0 aliphatic rings. The van der Waals surface area contributed by atoms with Crippen LogP contribution < -0.4 is 10.9 Å². The van der Waals surface area contributed by atoms with Crippen molar-refractivity contribution >= 4 is 39.3 Å². The predicted molar refractivity (Wildman–Crippen MR) is 132 cm³/mol. The Kier molecular flexibility index (Phi) is 6.61. The summed E-state index contributed by atoms with van der Waals surface area (Å²) in [6.45, 7) is 6.04. The van der Waals surface area contributed by atoms with Crippen molar-refractivity contribution in [1.82, 2.24) is 14.9 Å². The molecule has 6 heteroatoms. The average molecular weight is 446 g/mol. The maximum absolute atomic E-state index is 13.1. The van der Waals surface area contributed by atoms with Gasteiger partial charge in [-0.1, -0.05) is 73.3 Å². The lowest BCUT2D eigenvalue weighted by atomic mass is 10.00. The van der Waals surface area contributed by atoms with Gasteiger partial charge in [-0.15, -0.1) is 0 Å². The first kappa shape index (κ1) is 22.1. The average Bonchev–Trinajstić information content (AvgIpc) is 2.82. The lowest BCUT2D eigenvalue weighted by Gasteiger charge is -2.19. The molecule has 0 aliphatic heterocycles. The summed E-state index contributed by atoms with van der Waals surface area (Å²) in [4.78, 5) is 30.6. The van der Waals surface area contributed by atoms with Crippen LogP contribution in [0.5, 0.6) is 0 Å². The Morgan fingerprint density at radius 2 is 1.69 bits per heavy atom. The molecule has 0 bridgehead atoms. The van der Waals surface area contributed by atoms with E-state index in [1.807, 2.05) is 63.2 Å². The smallest absolute Gasteiger partial charge is 0.262 e. The van der Waals surface area contributed by atoms with E-state index in [2.05, 4.69) is 23.5 Å². The fraction of sp³-hybridized carbons (Fsp3) is 0.269. The number of nitrogens with zero attached hydrogens (tertiary/aromatic N) is 2. The second kappa shape index (κ2) is 9.57. The number of amides is 1. The van der Waals surface area contributed by atoms with E-state index in [0.717, 1.165) is 22.8 Å². The number of benzene rings is 3. The number of carbonyl (C=O) groups is 1. The van der Waals surface area contributed by atoms with Crippen LogP contribution in [-0.2, 0) is 4.79 Å². The molecule has 164 valence electrons. The molecule has 1 heterocycles. The van der Waals surface area contributed by atoms with Crippen molar-refractivity contribution in [3.63, 3.8) is 0 Å². The molecule has 0 radical (unpaired) electrons. The Balaban J connectivity index is 1.54. The van der Waals surface area contributed by atoms with Gasteiger partial charge in [-0.25, -0.2) is 4.98 Å². The Bertz CT molecular complexity index is 1330. The Labute approximate surface area is 191 Å². The van der Waals surface area contributed by atoms with E-state index in [1.54, 1.807) is 10.6 Å². The second-order valence-electron chi connectivity index (χ2n) is 7.99. The van der Waals surface area contributed by atoms with Crippen LogP contribution in [0.2, 0.25) is 0 Å². The summed E-state index contributed by atoms with van der Waals surface area (Å²) < 4.78 is 1.72. The van der Waals surface area contributed by atoms with Crippen molar-refractivity contribution in [1.29, 1.82) is 0 Å². The highest BCUT2D eigenvalue weighted by Gasteiger charge is 2.18. The molecule has 4 rings (SSSR count). The molecule has 0 aliphatic carbocycles. The van der Waals surface area contributed by atoms with Crippen LogP contribution in [0.25, 0.3) is 21.7 Å². The van der Waals surface area contributed by atoms with E-state index in [-0.39, 0.29) is 29.3 Å². The van der Waals surface area contributed by atoms with Crippen LogP contribution >= 0.6 is 11.8 Å². The van der Waals surface area contributed by atoms with E-state index < -0.39 is 0 Å². The van der Waals surface area contributed by atoms with Gasteiger partial charge < -0.3 is 5.32 Å². The summed E-state index contributed by atoms with van der Waals surface area (Å²) in [6.07, 6.45) is 0.803. The lowest BCUT2D eigenvalue weighted by Crippen LogP contribution is -2.30. The van der Waals surface area contributed by atoms with Gasteiger partial charge in [0, 0.05) is 6.04 Å². The van der Waals surface area contributed by atoms with Gasteiger partial charge in [-0.2, -0.15) is 0 Å². The quantitative estimate of drug-likeness (QED) is 0.302. The van der Waals surface area contributed by atoms with Gasteiger partial charge in [0.1, 0.15) is 0 Å². The van der Waals surface area contributed by atoms with Crippen molar-refractivity contribution in [2.75, 3.05) is 5.75 Å². The minimum Gasteiger partial charge on any atom is -0.349 e. The molecule has 4 aromatic rings. The summed E-state index contributed by atoms with van der Waals surface area (Å²) in [5, 5.41) is 6.57. The monoisotopic (exact) mass is 445 g/mol. The molecule has 1 amide bonds. The number of thioether (sulfide) groups is 1. The number of fused-ring (bicyclic) bond motifs is 2. The summed E-state index contributed by atoms with van der Waals surface area (Å²) in [5.74, 6) is 0.101. The van der Waals surface area contributed by atoms with Gasteiger partial charge in [0.15, 0.2) is 5.16 Å². The molecule has 1 aromatic heterocycles. The molecule has 5 nitrogen and oxygen atoms in total. The summed E-state index contributed by atoms with van der Waals surface area (Å²) in [5.41, 5.74) is 1.68. The van der Waals surface area contributed by atoms with Gasteiger partial charge in [0.05, 0.1) is 22.7 Å². The standard InChI is InChI=1S/C26H27N3O2S/c1-4-17(2)29-25(31)22-13-7-8-15-23(22)28-26(29)32-16-24(30)27-18(3)20-14-9-11-19-10-5-6-12-21(19)20/h5-15,17-18H,4,16H2,1-3H3,(H,27,30)/t17-,18+/m0/s1. The third kappa shape index (κ3) is 4.41. The van der Waals surface area contributed by atoms with Gasteiger partial charge in [-0.05, 0) is 48.7 Å². The van der Waals surface area contributed by atoms with E-state index >= 15 is 0 Å². The van der Waals surface area contributed by atoms with Crippen molar-refractivity contribution < 1.29 is 4.79 Å².